The molecule has 0 spiro atoms. The van der Waals surface area contributed by atoms with Gasteiger partial charge in [0.2, 0.25) is 0 Å². The van der Waals surface area contributed by atoms with E-state index in [2.05, 4.69) is 37.7 Å². The predicted octanol–water partition coefficient (Wildman–Crippen LogP) is 0.557. The van der Waals surface area contributed by atoms with E-state index >= 15 is 0 Å². The van der Waals surface area contributed by atoms with Crippen LogP contribution < -0.4 is 5.73 Å². The Kier molecular flexibility index (Phi) is 4.17. The van der Waals surface area contributed by atoms with Crippen LogP contribution in [0.15, 0.2) is 6.33 Å². The van der Waals surface area contributed by atoms with Crippen LogP contribution in [0.3, 0.4) is 0 Å². The number of hydrogen-bond donors (Lipinski definition) is 2. The number of amides is 1. The van der Waals surface area contributed by atoms with Crippen LogP contribution in [0.1, 0.15) is 25.8 Å². The second-order valence-electron chi connectivity index (χ2n) is 5.43. The summed E-state index contributed by atoms with van der Waals surface area (Å²) in [4.78, 5) is 21.8. The number of aromatic nitrogens is 4. The molecule has 9 heteroatoms. The zero-order valence-electron chi connectivity index (χ0n) is 12.1. The van der Waals surface area contributed by atoms with E-state index in [1.54, 1.807) is 4.90 Å². The first-order chi connectivity index (χ1) is 10.5. The van der Waals surface area contributed by atoms with Gasteiger partial charge in [0, 0.05) is 13.1 Å². The van der Waals surface area contributed by atoms with Crippen molar-refractivity contribution < 1.29 is 9.90 Å². The van der Waals surface area contributed by atoms with E-state index in [1.165, 1.54) is 13.3 Å². The van der Waals surface area contributed by atoms with Crippen molar-refractivity contribution in [2.45, 2.75) is 31.9 Å². The van der Waals surface area contributed by atoms with Crippen molar-refractivity contribution in [1.29, 1.82) is 0 Å². The Morgan fingerprint density at radius 3 is 2.77 bits per heavy atom. The normalized spacial score (nSPS) is 17.9. The highest BCUT2D eigenvalue weighted by Crippen LogP contribution is 2.29. The van der Waals surface area contributed by atoms with E-state index in [4.69, 9.17) is 5.73 Å². The first-order valence-electron chi connectivity index (χ1n) is 7.10. The fourth-order valence-electron chi connectivity index (χ4n) is 2.80. The summed E-state index contributed by atoms with van der Waals surface area (Å²) in [5.41, 5.74) is 6.64. The number of nitrogen functional groups attached to an aromatic ring is 1. The van der Waals surface area contributed by atoms with Gasteiger partial charge in [-0.3, -0.25) is 4.79 Å². The van der Waals surface area contributed by atoms with Gasteiger partial charge in [-0.2, -0.15) is 5.10 Å². The summed E-state index contributed by atoms with van der Waals surface area (Å²) >= 11 is 2.13. The molecule has 118 valence electrons. The Labute approximate surface area is 140 Å². The van der Waals surface area contributed by atoms with Crippen LogP contribution in [0.25, 0.3) is 11.0 Å². The van der Waals surface area contributed by atoms with E-state index in [1.807, 2.05) is 4.68 Å². The molecule has 0 radical (unpaired) electrons. The molecule has 22 heavy (non-hydrogen) atoms. The quantitative estimate of drug-likeness (QED) is 0.693. The summed E-state index contributed by atoms with van der Waals surface area (Å²) in [5.74, 6) is 0.215. The third-order valence-electron chi connectivity index (χ3n) is 3.95. The lowest BCUT2D eigenvalue weighted by Crippen LogP contribution is -2.43. The number of halogens is 1. The maximum atomic E-state index is 11.8. The summed E-state index contributed by atoms with van der Waals surface area (Å²) in [7, 11) is 0. The van der Waals surface area contributed by atoms with Gasteiger partial charge >= 0.3 is 0 Å². The van der Waals surface area contributed by atoms with Gasteiger partial charge in [-0.05, 0) is 42.4 Å². The molecule has 3 rings (SSSR count). The smallest absolute Gasteiger partial charge is 0.251 e. The number of hydrogen-bond acceptors (Lipinski definition) is 6. The van der Waals surface area contributed by atoms with Crippen molar-refractivity contribution in [1.82, 2.24) is 24.6 Å². The van der Waals surface area contributed by atoms with Gasteiger partial charge in [-0.25, -0.2) is 14.6 Å². The lowest BCUT2D eigenvalue weighted by atomic mass is 10.0. The number of carbonyl (C=O) groups excluding carboxylic acids is 1. The number of piperidine rings is 1. The van der Waals surface area contributed by atoms with Gasteiger partial charge in [0.1, 0.15) is 21.9 Å². The molecule has 0 unspecified atom stereocenters. The van der Waals surface area contributed by atoms with Crippen LogP contribution in [-0.2, 0) is 4.79 Å². The molecular formula is C13H17IN6O2. The lowest BCUT2D eigenvalue weighted by Gasteiger charge is -2.32. The number of nitrogens with two attached hydrogens (primary N) is 1. The fraction of sp³-hybridized carbons (Fsp3) is 0.538. The molecule has 1 atom stereocenters. The number of fused-ring (bicyclic) bond motifs is 1. The molecule has 2 aromatic rings. The molecule has 1 fully saturated rings. The number of rotatable bonds is 2. The maximum Gasteiger partial charge on any atom is 0.251 e. The molecule has 1 aliphatic heterocycles. The van der Waals surface area contributed by atoms with E-state index in [9.17, 15) is 9.90 Å². The highest BCUT2D eigenvalue weighted by Gasteiger charge is 2.28. The lowest BCUT2D eigenvalue weighted by molar-refractivity contribution is -0.140. The van der Waals surface area contributed by atoms with Crippen LogP contribution in [0.5, 0.6) is 0 Å². The van der Waals surface area contributed by atoms with Gasteiger partial charge in [0.25, 0.3) is 5.91 Å². The molecule has 2 aromatic heterocycles. The number of aliphatic hydroxyl groups is 1. The molecule has 1 saturated heterocycles. The molecule has 3 heterocycles. The average Bonchev–Trinajstić information content (AvgIpc) is 2.85. The summed E-state index contributed by atoms with van der Waals surface area (Å²) in [6.45, 7) is 2.71. The minimum absolute atomic E-state index is 0.165. The first-order valence-corrected chi connectivity index (χ1v) is 8.18. The van der Waals surface area contributed by atoms with Gasteiger partial charge in [0.05, 0.1) is 11.4 Å². The maximum absolute atomic E-state index is 11.8. The SMILES string of the molecule is C[C@H](O)C(=O)N1CCC(n2nc(I)c3c(N)ncnc32)CC1. The minimum Gasteiger partial charge on any atom is -0.384 e. The highest BCUT2D eigenvalue weighted by molar-refractivity contribution is 14.1. The first kappa shape index (κ1) is 15.4. The third-order valence-corrected chi connectivity index (χ3v) is 4.71. The van der Waals surface area contributed by atoms with Crippen LogP contribution in [-0.4, -0.2) is 54.9 Å². The molecule has 0 saturated carbocycles. The second-order valence-corrected chi connectivity index (χ2v) is 6.45. The van der Waals surface area contributed by atoms with Crippen LogP contribution in [0, 0.1) is 3.70 Å². The number of nitrogens with zero attached hydrogens (tertiary/aromatic N) is 5. The fourth-order valence-corrected chi connectivity index (χ4v) is 3.55. The summed E-state index contributed by atoms with van der Waals surface area (Å²) < 4.78 is 2.67. The van der Waals surface area contributed by atoms with E-state index < -0.39 is 6.10 Å². The van der Waals surface area contributed by atoms with E-state index in [0.29, 0.717) is 18.9 Å². The average molecular weight is 416 g/mol. The molecule has 0 bridgehead atoms. The molecule has 3 N–H and O–H groups in total. The Morgan fingerprint density at radius 2 is 2.14 bits per heavy atom. The number of anilines is 1. The molecule has 0 aromatic carbocycles. The van der Waals surface area contributed by atoms with E-state index in [-0.39, 0.29) is 11.9 Å². The van der Waals surface area contributed by atoms with Gasteiger partial charge in [-0.1, -0.05) is 0 Å². The van der Waals surface area contributed by atoms with Crippen molar-refractivity contribution in [3.63, 3.8) is 0 Å². The number of carbonyl (C=O) groups is 1. The zero-order chi connectivity index (χ0) is 15.9. The second kappa shape index (κ2) is 5.95. The number of aliphatic hydroxyl groups excluding tert-OH is 1. The van der Waals surface area contributed by atoms with E-state index in [0.717, 1.165) is 27.6 Å². The Balaban J connectivity index is 1.83. The van der Waals surface area contributed by atoms with Crippen molar-refractivity contribution in [2.75, 3.05) is 18.8 Å². The third kappa shape index (κ3) is 2.62. The zero-order valence-corrected chi connectivity index (χ0v) is 14.3. The standard InChI is InChI=1S/C13H17IN6O2/c1-7(21)13(22)19-4-2-8(3-5-19)20-12-9(10(14)18-20)11(15)16-6-17-12/h6-8,21H,2-5H2,1H3,(H2,15,16,17)/t7-/m0/s1. The summed E-state index contributed by atoms with van der Waals surface area (Å²) in [5, 5.41) is 14.7. The van der Waals surface area contributed by atoms with Gasteiger partial charge in [0.15, 0.2) is 5.65 Å². The van der Waals surface area contributed by atoms with Crippen molar-refractivity contribution in [3.8, 4) is 0 Å². The molecular weight excluding hydrogens is 399 g/mol. The molecule has 8 nitrogen and oxygen atoms in total. The minimum atomic E-state index is -0.949. The van der Waals surface area contributed by atoms with Crippen LogP contribution in [0.4, 0.5) is 5.82 Å². The Hall–Kier alpha value is -1.49. The van der Waals surface area contributed by atoms with Crippen molar-refractivity contribution in [3.05, 3.63) is 10.0 Å². The monoisotopic (exact) mass is 416 g/mol. The summed E-state index contributed by atoms with van der Waals surface area (Å²) in [6.07, 6.45) is 2.04. The Bertz CT molecular complexity index is 708. The number of likely N-dealkylation sites (tertiary alicyclic amines) is 1. The molecule has 1 aliphatic rings. The van der Waals surface area contributed by atoms with Gasteiger partial charge in [-0.15, -0.1) is 0 Å². The summed E-state index contributed by atoms with van der Waals surface area (Å²) in [6, 6.07) is 0.165. The van der Waals surface area contributed by atoms with Gasteiger partial charge < -0.3 is 15.7 Å². The largest absolute Gasteiger partial charge is 0.384 e. The van der Waals surface area contributed by atoms with Crippen LogP contribution in [0.2, 0.25) is 0 Å². The van der Waals surface area contributed by atoms with Crippen LogP contribution >= 0.6 is 22.6 Å². The highest BCUT2D eigenvalue weighted by atomic mass is 127. The molecule has 0 aliphatic carbocycles. The predicted molar refractivity (Wildman–Crippen MR) is 89.0 cm³/mol. The Morgan fingerprint density at radius 1 is 1.45 bits per heavy atom. The van der Waals surface area contributed by atoms with Crippen molar-refractivity contribution in [2.24, 2.45) is 0 Å². The van der Waals surface area contributed by atoms with Crippen molar-refractivity contribution >= 4 is 45.3 Å². The topological polar surface area (TPSA) is 110 Å². The molecule has 1 amide bonds.